The number of anilines is 1. The van der Waals surface area contributed by atoms with Gasteiger partial charge in [0.2, 0.25) is 0 Å². The molecule has 110 valence electrons. The largest absolute Gasteiger partial charge is 0.477 e. The number of aliphatic hydroxyl groups excluding tert-OH is 1. The Hall–Kier alpha value is -2.15. The fourth-order valence-corrected chi connectivity index (χ4v) is 1.58. The van der Waals surface area contributed by atoms with Crippen LogP contribution in [0.2, 0.25) is 0 Å². The summed E-state index contributed by atoms with van der Waals surface area (Å²) in [7, 11) is 0. The van der Waals surface area contributed by atoms with Crippen molar-refractivity contribution in [1.82, 2.24) is 9.88 Å². The first-order valence-electron chi connectivity index (χ1n) is 6.44. The molecule has 20 heavy (non-hydrogen) atoms. The average Bonchev–Trinajstić information content (AvgIpc) is 2.43. The predicted molar refractivity (Wildman–Crippen MR) is 73.8 cm³/mol. The van der Waals surface area contributed by atoms with E-state index in [-0.39, 0.29) is 24.9 Å². The molecular weight excluding hydrogens is 262 g/mol. The van der Waals surface area contributed by atoms with Crippen molar-refractivity contribution in [3.8, 4) is 0 Å². The van der Waals surface area contributed by atoms with E-state index in [0.29, 0.717) is 12.2 Å². The van der Waals surface area contributed by atoms with Crippen LogP contribution in [0.5, 0.6) is 0 Å². The molecule has 0 aliphatic heterocycles. The highest BCUT2D eigenvalue weighted by Crippen LogP contribution is 2.08. The number of rotatable bonds is 7. The fraction of sp³-hybridized carbons (Fsp3) is 0.462. The molecule has 1 heterocycles. The second-order valence-corrected chi connectivity index (χ2v) is 4.23. The number of unbranched alkanes of at least 4 members (excludes halogenated alkanes) is 1. The van der Waals surface area contributed by atoms with Crippen LogP contribution in [0.15, 0.2) is 18.3 Å². The lowest BCUT2D eigenvalue weighted by atomic mass is 10.3. The lowest BCUT2D eigenvalue weighted by Crippen LogP contribution is -2.37. The van der Waals surface area contributed by atoms with E-state index >= 15 is 0 Å². The lowest BCUT2D eigenvalue weighted by Gasteiger charge is -2.21. The zero-order valence-electron chi connectivity index (χ0n) is 11.4. The van der Waals surface area contributed by atoms with Crippen molar-refractivity contribution in [2.75, 3.05) is 25.0 Å². The first-order chi connectivity index (χ1) is 9.58. The minimum atomic E-state index is -1.12. The first-order valence-corrected chi connectivity index (χ1v) is 6.44. The number of hydrogen-bond acceptors (Lipinski definition) is 4. The van der Waals surface area contributed by atoms with Gasteiger partial charge in [-0.25, -0.2) is 14.6 Å². The summed E-state index contributed by atoms with van der Waals surface area (Å²) < 4.78 is 0. The fourth-order valence-electron chi connectivity index (χ4n) is 1.58. The average molecular weight is 281 g/mol. The number of aromatic carboxylic acids is 1. The van der Waals surface area contributed by atoms with Gasteiger partial charge in [0.15, 0.2) is 0 Å². The van der Waals surface area contributed by atoms with Crippen molar-refractivity contribution in [2.24, 2.45) is 0 Å². The first kappa shape index (κ1) is 15.9. The van der Waals surface area contributed by atoms with E-state index in [4.69, 9.17) is 10.2 Å². The molecule has 0 fully saturated rings. The topological polar surface area (TPSA) is 103 Å². The number of hydrogen-bond donors (Lipinski definition) is 3. The van der Waals surface area contributed by atoms with E-state index in [1.54, 1.807) is 0 Å². The number of aliphatic hydroxyl groups is 1. The Bertz CT molecular complexity index is 447. The van der Waals surface area contributed by atoms with Crippen LogP contribution in [0, 0.1) is 0 Å². The zero-order chi connectivity index (χ0) is 15.0. The molecule has 2 amide bonds. The number of urea groups is 1. The maximum absolute atomic E-state index is 12.0. The van der Waals surface area contributed by atoms with Gasteiger partial charge in [-0.1, -0.05) is 13.3 Å². The summed E-state index contributed by atoms with van der Waals surface area (Å²) in [6.45, 7) is 2.73. The van der Waals surface area contributed by atoms with Gasteiger partial charge in [0.1, 0.15) is 5.69 Å². The molecule has 1 aromatic rings. The minimum absolute atomic E-state index is 0.0822. The summed E-state index contributed by atoms with van der Waals surface area (Å²) >= 11 is 0. The summed E-state index contributed by atoms with van der Waals surface area (Å²) in [6.07, 6.45) is 3.09. The second-order valence-electron chi connectivity index (χ2n) is 4.23. The molecule has 0 aliphatic rings. The van der Waals surface area contributed by atoms with Gasteiger partial charge in [-0.05, 0) is 18.6 Å². The number of nitrogens with one attached hydrogen (secondary N) is 1. The molecule has 0 atom stereocenters. The molecular formula is C13H19N3O4. The van der Waals surface area contributed by atoms with Gasteiger partial charge in [-0.2, -0.15) is 0 Å². The number of nitrogens with zero attached hydrogens (tertiary/aromatic N) is 2. The third kappa shape index (κ3) is 4.85. The van der Waals surface area contributed by atoms with Crippen molar-refractivity contribution in [3.05, 3.63) is 24.0 Å². The molecule has 0 saturated carbocycles. The molecule has 3 N–H and O–H groups in total. The highest BCUT2D eigenvalue weighted by Gasteiger charge is 2.13. The predicted octanol–water partition coefficient (Wildman–Crippen LogP) is 1.41. The van der Waals surface area contributed by atoms with Crippen molar-refractivity contribution >= 4 is 17.7 Å². The molecule has 0 spiro atoms. The van der Waals surface area contributed by atoms with Crippen LogP contribution < -0.4 is 5.32 Å². The van der Waals surface area contributed by atoms with E-state index in [1.807, 2.05) is 6.92 Å². The Labute approximate surface area is 117 Å². The van der Waals surface area contributed by atoms with Crippen LogP contribution in [0.4, 0.5) is 10.5 Å². The number of aromatic nitrogens is 1. The van der Waals surface area contributed by atoms with Crippen molar-refractivity contribution < 1.29 is 19.8 Å². The Balaban J connectivity index is 2.64. The van der Waals surface area contributed by atoms with Gasteiger partial charge in [0.05, 0.1) is 18.5 Å². The van der Waals surface area contributed by atoms with E-state index < -0.39 is 5.97 Å². The Morgan fingerprint density at radius 1 is 1.35 bits per heavy atom. The standard InChI is InChI=1S/C13H19N3O4/c1-2-3-6-16(7-8-17)13(20)15-10-4-5-11(12(18)19)14-9-10/h4-5,9,17H,2-3,6-8H2,1H3,(H,15,20)(H,18,19). The monoisotopic (exact) mass is 281 g/mol. The number of amides is 2. The van der Waals surface area contributed by atoms with Gasteiger partial charge in [-0.3, -0.25) is 0 Å². The van der Waals surface area contributed by atoms with Crippen LogP contribution in [-0.2, 0) is 0 Å². The maximum atomic E-state index is 12.0. The molecule has 0 unspecified atom stereocenters. The van der Waals surface area contributed by atoms with Crippen LogP contribution in [0.25, 0.3) is 0 Å². The van der Waals surface area contributed by atoms with Crippen LogP contribution in [0.1, 0.15) is 30.3 Å². The normalized spacial score (nSPS) is 10.1. The highest BCUT2D eigenvalue weighted by molar-refractivity contribution is 5.90. The summed E-state index contributed by atoms with van der Waals surface area (Å²) in [5, 5.41) is 20.3. The zero-order valence-corrected chi connectivity index (χ0v) is 11.4. The van der Waals surface area contributed by atoms with E-state index in [9.17, 15) is 9.59 Å². The van der Waals surface area contributed by atoms with Gasteiger partial charge >= 0.3 is 12.0 Å². The molecule has 1 aromatic heterocycles. The Morgan fingerprint density at radius 2 is 2.10 bits per heavy atom. The quantitative estimate of drug-likeness (QED) is 0.701. The number of carbonyl (C=O) groups excluding carboxylic acids is 1. The van der Waals surface area contributed by atoms with Gasteiger partial charge in [0.25, 0.3) is 0 Å². The smallest absolute Gasteiger partial charge is 0.354 e. The second kappa shape index (κ2) is 8.11. The molecule has 0 aliphatic carbocycles. The van der Waals surface area contributed by atoms with Crippen LogP contribution in [0.3, 0.4) is 0 Å². The van der Waals surface area contributed by atoms with Gasteiger partial charge in [-0.15, -0.1) is 0 Å². The molecule has 0 saturated heterocycles. The SMILES string of the molecule is CCCCN(CCO)C(=O)Nc1ccc(C(=O)O)nc1. The maximum Gasteiger partial charge on any atom is 0.354 e. The van der Waals surface area contributed by atoms with Crippen molar-refractivity contribution in [2.45, 2.75) is 19.8 Å². The summed E-state index contributed by atoms with van der Waals surface area (Å²) in [5.41, 5.74) is 0.334. The van der Waals surface area contributed by atoms with E-state index in [2.05, 4.69) is 10.3 Å². The molecule has 0 aromatic carbocycles. The number of carboxylic acid groups (broad SMARTS) is 1. The molecule has 1 rings (SSSR count). The molecule has 0 radical (unpaired) electrons. The van der Waals surface area contributed by atoms with Crippen molar-refractivity contribution in [3.63, 3.8) is 0 Å². The highest BCUT2D eigenvalue weighted by atomic mass is 16.4. The lowest BCUT2D eigenvalue weighted by molar-refractivity contribution is 0.0690. The van der Waals surface area contributed by atoms with Gasteiger partial charge < -0.3 is 20.4 Å². The van der Waals surface area contributed by atoms with Crippen LogP contribution >= 0.6 is 0 Å². The van der Waals surface area contributed by atoms with Crippen molar-refractivity contribution in [1.29, 1.82) is 0 Å². The Kier molecular flexibility index (Phi) is 6.45. The summed E-state index contributed by atoms with van der Waals surface area (Å²) in [5.74, 6) is -1.12. The number of carboxylic acids is 1. The Morgan fingerprint density at radius 3 is 2.60 bits per heavy atom. The summed E-state index contributed by atoms with van der Waals surface area (Å²) in [4.78, 5) is 27.9. The van der Waals surface area contributed by atoms with E-state index in [0.717, 1.165) is 12.8 Å². The van der Waals surface area contributed by atoms with E-state index in [1.165, 1.54) is 23.2 Å². The number of pyridine rings is 1. The molecule has 0 bridgehead atoms. The molecule has 7 nitrogen and oxygen atoms in total. The molecule has 7 heteroatoms. The third-order valence-electron chi connectivity index (χ3n) is 2.67. The van der Waals surface area contributed by atoms with Crippen LogP contribution in [-0.4, -0.2) is 51.8 Å². The third-order valence-corrected chi connectivity index (χ3v) is 2.67. The summed E-state index contributed by atoms with van der Waals surface area (Å²) in [6, 6.07) is 2.46. The minimum Gasteiger partial charge on any atom is -0.477 e. The number of carbonyl (C=O) groups is 2. The van der Waals surface area contributed by atoms with Gasteiger partial charge in [0, 0.05) is 13.1 Å².